The summed E-state index contributed by atoms with van der Waals surface area (Å²) in [4.78, 5) is 0. The standard InChI is InChI=1S/C18H22/c1-2-14-12-17(15-8-4-3-5-9-15)13-16-10-6-7-11-18(14)16/h6-7,10-13,15H,2-5,8-9H2,1H3. The molecule has 0 radical (unpaired) electrons. The molecule has 0 unspecified atom stereocenters. The third kappa shape index (κ3) is 2.16. The van der Waals surface area contributed by atoms with E-state index in [1.165, 1.54) is 48.4 Å². The Morgan fingerprint density at radius 3 is 2.56 bits per heavy atom. The molecule has 0 heteroatoms. The third-order valence-electron chi connectivity index (χ3n) is 4.43. The van der Waals surface area contributed by atoms with Crippen LogP contribution < -0.4 is 0 Å². The summed E-state index contributed by atoms with van der Waals surface area (Å²) in [6, 6.07) is 13.7. The molecular weight excluding hydrogens is 216 g/mol. The van der Waals surface area contributed by atoms with Gasteiger partial charge in [0.2, 0.25) is 0 Å². The Labute approximate surface area is 110 Å². The monoisotopic (exact) mass is 238 g/mol. The minimum absolute atomic E-state index is 0.814. The Balaban J connectivity index is 2.07. The molecule has 0 N–H and O–H groups in total. The fourth-order valence-electron chi connectivity index (χ4n) is 3.38. The van der Waals surface area contributed by atoms with Gasteiger partial charge in [-0.25, -0.2) is 0 Å². The van der Waals surface area contributed by atoms with Gasteiger partial charge in [-0.05, 0) is 47.1 Å². The molecule has 0 saturated heterocycles. The molecular formula is C18H22. The van der Waals surface area contributed by atoms with E-state index < -0.39 is 0 Å². The first kappa shape index (κ1) is 11.8. The van der Waals surface area contributed by atoms with Gasteiger partial charge in [-0.15, -0.1) is 0 Å². The van der Waals surface area contributed by atoms with E-state index in [1.807, 2.05) is 0 Å². The maximum absolute atomic E-state index is 2.47. The zero-order chi connectivity index (χ0) is 12.4. The molecule has 0 atom stereocenters. The van der Waals surface area contributed by atoms with Crippen LogP contribution in [0.4, 0.5) is 0 Å². The summed E-state index contributed by atoms with van der Waals surface area (Å²) in [5.41, 5.74) is 3.11. The van der Waals surface area contributed by atoms with E-state index in [4.69, 9.17) is 0 Å². The van der Waals surface area contributed by atoms with Crippen molar-refractivity contribution >= 4 is 10.8 Å². The smallest absolute Gasteiger partial charge is 0.0152 e. The lowest BCUT2D eigenvalue weighted by Crippen LogP contribution is -2.05. The van der Waals surface area contributed by atoms with Crippen molar-refractivity contribution in [1.29, 1.82) is 0 Å². The van der Waals surface area contributed by atoms with Crippen molar-refractivity contribution in [1.82, 2.24) is 0 Å². The van der Waals surface area contributed by atoms with E-state index in [9.17, 15) is 0 Å². The van der Waals surface area contributed by atoms with Crippen LogP contribution in [0.25, 0.3) is 10.8 Å². The summed E-state index contributed by atoms with van der Waals surface area (Å²) in [7, 11) is 0. The normalized spacial score (nSPS) is 17.2. The van der Waals surface area contributed by atoms with Crippen LogP contribution in [-0.2, 0) is 6.42 Å². The Bertz CT molecular complexity index is 533. The molecule has 2 aromatic carbocycles. The number of fused-ring (bicyclic) bond motifs is 1. The maximum atomic E-state index is 2.47. The second-order valence-electron chi connectivity index (χ2n) is 5.59. The van der Waals surface area contributed by atoms with Crippen molar-refractivity contribution in [3.8, 4) is 0 Å². The minimum atomic E-state index is 0.814. The van der Waals surface area contributed by atoms with Crippen LogP contribution in [0.1, 0.15) is 56.1 Å². The minimum Gasteiger partial charge on any atom is -0.0616 e. The van der Waals surface area contributed by atoms with Crippen molar-refractivity contribution < 1.29 is 0 Å². The predicted octanol–water partition coefficient (Wildman–Crippen LogP) is 5.45. The predicted molar refractivity (Wildman–Crippen MR) is 79.2 cm³/mol. The van der Waals surface area contributed by atoms with Gasteiger partial charge in [-0.1, -0.05) is 62.6 Å². The molecule has 3 rings (SSSR count). The van der Waals surface area contributed by atoms with Crippen LogP contribution in [0.3, 0.4) is 0 Å². The molecule has 0 spiro atoms. The SMILES string of the molecule is CCc1cc(C2CCCCC2)cc2ccccc12. The largest absolute Gasteiger partial charge is 0.0616 e. The third-order valence-corrected chi connectivity index (χ3v) is 4.43. The van der Waals surface area contributed by atoms with E-state index in [1.54, 1.807) is 5.56 Å². The van der Waals surface area contributed by atoms with Crippen LogP contribution in [-0.4, -0.2) is 0 Å². The van der Waals surface area contributed by atoms with E-state index >= 15 is 0 Å². The molecule has 1 fully saturated rings. The highest BCUT2D eigenvalue weighted by molar-refractivity contribution is 5.86. The Morgan fingerprint density at radius 2 is 1.78 bits per heavy atom. The average molecular weight is 238 g/mol. The Hall–Kier alpha value is -1.30. The first-order chi connectivity index (χ1) is 8.88. The Morgan fingerprint density at radius 1 is 1.00 bits per heavy atom. The van der Waals surface area contributed by atoms with Gasteiger partial charge in [-0.3, -0.25) is 0 Å². The summed E-state index contributed by atoms with van der Waals surface area (Å²) < 4.78 is 0. The van der Waals surface area contributed by atoms with Crippen LogP contribution in [0.15, 0.2) is 36.4 Å². The molecule has 2 aromatic rings. The fraction of sp³-hybridized carbons (Fsp3) is 0.444. The van der Waals surface area contributed by atoms with E-state index in [0.29, 0.717) is 0 Å². The summed E-state index contributed by atoms with van der Waals surface area (Å²) >= 11 is 0. The van der Waals surface area contributed by atoms with Gasteiger partial charge in [0, 0.05) is 0 Å². The molecule has 0 heterocycles. The van der Waals surface area contributed by atoms with Gasteiger partial charge < -0.3 is 0 Å². The molecule has 1 saturated carbocycles. The zero-order valence-electron chi connectivity index (χ0n) is 11.3. The van der Waals surface area contributed by atoms with Gasteiger partial charge in [0.1, 0.15) is 0 Å². The second-order valence-corrected chi connectivity index (χ2v) is 5.59. The quantitative estimate of drug-likeness (QED) is 0.652. The van der Waals surface area contributed by atoms with Crippen molar-refractivity contribution in [2.75, 3.05) is 0 Å². The van der Waals surface area contributed by atoms with Gasteiger partial charge in [0.05, 0.1) is 0 Å². The molecule has 0 nitrogen and oxygen atoms in total. The number of aryl methyl sites for hydroxylation is 1. The number of hydrogen-bond donors (Lipinski definition) is 0. The molecule has 18 heavy (non-hydrogen) atoms. The summed E-state index contributed by atoms with van der Waals surface area (Å²) in [6.45, 7) is 2.27. The van der Waals surface area contributed by atoms with E-state index in [0.717, 1.165) is 12.3 Å². The molecule has 1 aliphatic carbocycles. The number of rotatable bonds is 2. The van der Waals surface area contributed by atoms with Crippen LogP contribution in [0.5, 0.6) is 0 Å². The highest BCUT2D eigenvalue weighted by Crippen LogP contribution is 2.35. The topological polar surface area (TPSA) is 0 Å². The Kier molecular flexibility index (Phi) is 3.36. The second kappa shape index (κ2) is 5.14. The van der Waals surface area contributed by atoms with Gasteiger partial charge in [0.25, 0.3) is 0 Å². The number of benzene rings is 2. The van der Waals surface area contributed by atoms with Crippen LogP contribution in [0, 0.1) is 0 Å². The van der Waals surface area contributed by atoms with Crippen LogP contribution >= 0.6 is 0 Å². The summed E-state index contributed by atoms with van der Waals surface area (Å²) in [5, 5.41) is 2.87. The first-order valence-corrected chi connectivity index (χ1v) is 7.40. The highest BCUT2D eigenvalue weighted by atomic mass is 14.2. The van der Waals surface area contributed by atoms with Crippen molar-refractivity contribution in [3.63, 3.8) is 0 Å². The fourth-order valence-corrected chi connectivity index (χ4v) is 3.38. The van der Waals surface area contributed by atoms with Crippen LogP contribution in [0.2, 0.25) is 0 Å². The van der Waals surface area contributed by atoms with Gasteiger partial charge in [-0.2, -0.15) is 0 Å². The molecule has 0 bridgehead atoms. The van der Waals surface area contributed by atoms with Crippen molar-refractivity contribution in [2.45, 2.75) is 51.4 Å². The summed E-state index contributed by atoms with van der Waals surface area (Å²) in [6.07, 6.45) is 8.19. The lowest BCUT2D eigenvalue weighted by molar-refractivity contribution is 0.443. The molecule has 94 valence electrons. The van der Waals surface area contributed by atoms with Gasteiger partial charge in [0.15, 0.2) is 0 Å². The maximum Gasteiger partial charge on any atom is -0.0152 e. The highest BCUT2D eigenvalue weighted by Gasteiger charge is 2.16. The molecule has 0 aliphatic heterocycles. The average Bonchev–Trinajstić information content (AvgIpc) is 2.47. The van der Waals surface area contributed by atoms with E-state index in [2.05, 4.69) is 43.3 Å². The lowest BCUT2D eigenvalue weighted by atomic mass is 9.82. The van der Waals surface area contributed by atoms with Crippen molar-refractivity contribution in [3.05, 3.63) is 47.5 Å². The molecule has 1 aliphatic rings. The number of hydrogen-bond acceptors (Lipinski definition) is 0. The molecule has 0 aromatic heterocycles. The zero-order valence-corrected chi connectivity index (χ0v) is 11.3. The van der Waals surface area contributed by atoms with Gasteiger partial charge >= 0.3 is 0 Å². The van der Waals surface area contributed by atoms with Crippen molar-refractivity contribution in [2.24, 2.45) is 0 Å². The van der Waals surface area contributed by atoms with E-state index in [-0.39, 0.29) is 0 Å². The first-order valence-electron chi connectivity index (χ1n) is 7.40. The molecule has 0 amide bonds. The summed E-state index contributed by atoms with van der Waals surface area (Å²) in [5.74, 6) is 0.814. The lowest BCUT2D eigenvalue weighted by Gasteiger charge is -2.23.